The maximum absolute atomic E-state index is 12.9. The maximum Gasteiger partial charge on any atom is 0.251 e. The molecule has 0 saturated heterocycles. The second-order valence-electron chi connectivity index (χ2n) is 7.27. The number of carbonyl (C=O) groups is 1. The van der Waals surface area contributed by atoms with Crippen molar-refractivity contribution in [1.82, 2.24) is 10.2 Å². The van der Waals surface area contributed by atoms with Gasteiger partial charge in [-0.3, -0.25) is 9.69 Å². The molecule has 3 rings (SSSR count). The Morgan fingerprint density at radius 1 is 1.10 bits per heavy atom. The summed E-state index contributed by atoms with van der Waals surface area (Å²) < 4.78 is 16.1. The molecule has 2 aromatic carbocycles. The van der Waals surface area contributed by atoms with Gasteiger partial charge in [0.2, 0.25) is 5.75 Å². The molecule has 0 saturated carbocycles. The molecule has 2 aromatic rings. The monoisotopic (exact) mass is 398 g/mol. The Kier molecular flexibility index (Phi) is 6.64. The third-order valence-corrected chi connectivity index (χ3v) is 5.79. The Balaban J connectivity index is 1.82. The molecule has 156 valence electrons. The second kappa shape index (κ2) is 9.18. The lowest BCUT2D eigenvalue weighted by Gasteiger charge is -2.40. The van der Waals surface area contributed by atoms with Crippen molar-refractivity contribution < 1.29 is 19.0 Å². The van der Waals surface area contributed by atoms with Crippen LogP contribution in [0.2, 0.25) is 0 Å². The number of fused-ring (bicyclic) bond motifs is 1. The summed E-state index contributed by atoms with van der Waals surface area (Å²) in [5, 5.41) is 3.09. The van der Waals surface area contributed by atoms with E-state index in [1.807, 2.05) is 0 Å². The molecule has 0 radical (unpaired) electrons. The first kappa shape index (κ1) is 21.0. The number of methoxy groups -OCH3 is 3. The third-order valence-electron chi connectivity index (χ3n) is 5.79. The zero-order chi connectivity index (χ0) is 21.0. The number of nitrogens with one attached hydrogen (secondary N) is 1. The molecule has 1 heterocycles. The van der Waals surface area contributed by atoms with Crippen molar-refractivity contribution in [3.05, 3.63) is 53.1 Å². The van der Waals surface area contributed by atoms with E-state index in [1.165, 1.54) is 25.3 Å². The summed E-state index contributed by atoms with van der Waals surface area (Å²) >= 11 is 0. The summed E-state index contributed by atoms with van der Waals surface area (Å²) in [5.41, 5.74) is 3.12. The number of rotatable bonds is 7. The van der Waals surface area contributed by atoms with Gasteiger partial charge < -0.3 is 19.5 Å². The SMILES string of the molecule is CCC1Cc2ccccc2C(CNC(=O)c2cc(OC)c(OC)c(OC)c2)N1C. The van der Waals surface area contributed by atoms with Crippen LogP contribution in [0.3, 0.4) is 0 Å². The van der Waals surface area contributed by atoms with Crippen molar-refractivity contribution >= 4 is 5.91 Å². The van der Waals surface area contributed by atoms with Crippen molar-refractivity contribution in [3.8, 4) is 17.2 Å². The molecule has 1 aliphatic rings. The van der Waals surface area contributed by atoms with Crippen LogP contribution >= 0.6 is 0 Å². The first-order chi connectivity index (χ1) is 14.0. The van der Waals surface area contributed by atoms with E-state index in [1.54, 1.807) is 19.2 Å². The maximum atomic E-state index is 12.9. The topological polar surface area (TPSA) is 60.0 Å². The van der Waals surface area contributed by atoms with Crippen LogP contribution in [-0.2, 0) is 6.42 Å². The summed E-state index contributed by atoms with van der Waals surface area (Å²) in [6.07, 6.45) is 2.11. The molecule has 0 bridgehead atoms. The van der Waals surface area contributed by atoms with Gasteiger partial charge in [-0.25, -0.2) is 0 Å². The number of likely N-dealkylation sites (N-methyl/N-ethyl adjacent to an activating group) is 1. The van der Waals surface area contributed by atoms with E-state index in [-0.39, 0.29) is 11.9 Å². The smallest absolute Gasteiger partial charge is 0.251 e. The second-order valence-corrected chi connectivity index (χ2v) is 7.27. The van der Waals surface area contributed by atoms with E-state index in [0.717, 1.165) is 12.8 Å². The molecule has 2 unspecified atom stereocenters. The summed E-state index contributed by atoms with van der Waals surface area (Å²) in [6.45, 7) is 2.74. The summed E-state index contributed by atoms with van der Waals surface area (Å²) in [5.74, 6) is 1.22. The lowest BCUT2D eigenvalue weighted by Crippen LogP contribution is -2.45. The van der Waals surface area contributed by atoms with Crippen molar-refractivity contribution in [2.45, 2.75) is 31.8 Å². The van der Waals surface area contributed by atoms with E-state index < -0.39 is 0 Å². The minimum Gasteiger partial charge on any atom is -0.493 e. The van der Waals surface area contributed by atoms with E-state index in [4.69, 9.17) is 14.2 Å². The predicted molar refractivity (Wildman–Crippen MR) is 113 cm³/mol. The van der Waals surface area contributed by atoms with Crippen LogP contribution in [0, 0.1) is 0 Å². The Labute approximate surface area is 172 Å². The van der Waals surface area contributed by atoms with E-state index >= 15 is 0 Å². The van der Waals surface area contributed by atoms with Crippen molar-refractivity contribution in [2.24, 2.45) is 0 Å². The van der Waals surface area contributed by atoms with Gasteiger partial charge in [0.1, 0.15) is 0 Å². The normalized spacial score (nSPS) is 18.7. The lowest BCUT2D eigenvalue weighted by molar-refractivity contribution is 0.0916. The molecule has 0 aromatic heterocycles. The van der Waals surface area contributed by atoms with Crippen LogP contribution in [0.1, 0.15) is 40.9 Å². The van der Waals surface area contributed by atoms with Crippen LogP contribution in [-0.4, -0.2) is 51.8 Å². The molecular weight excluding hydrogens is 368 g/mol. The average Bonchev–Trinajstić information content (AvgIpc) is 2.76. The first-order valence-corrected chi connectivity index (χ1v) is 9.91. The van der Waals surface area contributed by atoms with Crippen LogP contribution < -0.4 is 19.5 Å². The van der Waals surface area contributed by atoms with Gasteiger partial charge >= 0.3 is 0 Å². The Morgan fingerprint density at radius 2 is 1.76 bits per heavy atom. The molecule has 1 N–H and O–H groups in total. The molecule has 1 aliphatic heterocycles. The van der Waals surface area contributed by atoms with E-state index in [2.05, 4.69) is 48.5 Å². The van der Waals surface area contributed by atoms with Gasteiger partial charge in [0, 0.05) is 18.2 Å². The minimum atomic E-state index is -0.172. The number of amides is 1. The number of ether oxygens (including phenoxy) is 3. The number of hydrogen-bond acceptors (Lipinski definition) is 5. The number of hydrogen-bond donors (Lipinski definition) is 1. The molecule has 2 atom stereocenters. The third kappa shape index (κ3) is 4.17. The molecule has 1 amide bonds. The summed E-state index contributed by atoms with van der Waals surface area (Å²) in [6, 6.07) is 12.4. The Morgan fingerprint density at radius 3 is 2.34 bits per heavy atom. The van der Waals surface area contributed by atoms with Crippen LogP contribution in [0.5, 0.6) is 17.2 Å². The molecule has 6 nitrogen and oxygen atoms in total. The molecule has 0 spiro atoms. The molecule has 6 heteroatoms. The highest BCUT2D eigenvalue weighted by molar-refractivity contribution is 5.95. The highest BCUT2D eigenvalue weighted by Crippen LogP contribution is 2.38. The number of carbonyl (C=O) groups excluding carboxylic acids is 1. The fraction of sp³-hybridized carbons (Fsp3) is 0.435. The fourth-order valence-electron chi connectivity index (χ4n) is 4.11. The minimum absolute atomic E-state index is 0.135. The standard InChI is InChI=1S/C23H30N2O4/c1-6-17-11-15-9-7-8-10-18(15)19(25(17)2)14-24-23(26)16-12-20(27-3)22(29-5)21(13-16)28-4/h7-10,12-13,17,19H,6,11,14H2,1-5H3,(H,24,26). The fourth-order valence-corrected chi connectivity index (χ4v) is 4.11. The van der Waals surface area contributed by atoms with Crippen LogP contribution in [0.15, 0.2) is 36.4 Å². The highest BCUT2D eigenvalue weighted by atomic mass is 16.5. The lowest BCUT2D eigenvalue weighted by atomic mass is 9.87. The van der Waals surface area contributed by atoms with Crippen LogP contribution in [0.25, 0.3) is 0 Å². The van der Waals surface area contributed by atoms with Gasteiger partial charge in [-0.15, -0.1) is 0 Å². The number of nitrogens with zero attached hydrogens (tertiary/aromatic N) is 1. The first-order valence-electron chi connectivity index (χ1n) is 9.91. The summed E-state index contributed by atoms with van der Waals surface area (Å²) in [7, 11) is 6.76. The summed E-state index contributed by atoms with van der Waals surface area (Å²) in [4.78, 5) is 15.3. The number of benzene rings is 2. The van der Waals surface area contributed by atoms with E-state index in [9.17, 15) is 4.79 Å². The Hall–Kier alpha value is -2.73. The zero-order valence-electron chi connectivity index (χ0n) is 17.8. The van der Waals surface area contributed by atoms with Gasteiger partial charge in [-0.05, 0) is 43.1 Å². The van der Waals surface area contributed by atoms with Gasteiger partial charge in [-0.2, -0.15) is 0 Å². The predicted octanol–water partition coefficient (Wildman–Crippen LogP) is 3.45. The molecule has 29 heavy (non-hydrogen) atoms. The largest absolute Gasteiger partial charge is 0.493 e. The molecule has 0 aliphatic carbocycles. The van der Waals surface area contributed by atoms with Crippen molar-refractivity contribution in [2.75, 3.05) is 34.9 Å². The van der Waals surface area contributed by atoms with Crippen LogP contribution in [0.4, 0.5) is 0 Å². The quantitative estimate of drug-likeness (QED) is 0.774. The van der Waals surface area contributed by atoms with Gasteiger partial charge in [0.05, 0.1) is 27.4 Å². The van der Waals surface area contributed by atoms with Gasteiger partial charge in [0.25, 0.3) is 5.91 Å². The molecule has 0 fully saturated rings. The van der Waals surface area contributed by atoms with Gasteiger partial charge in [-0.1, -0.05) is 31.2 Å². The van der Waals surface area contributed by atoms with Gasteiger partial charge in [0.15, 0.2) is 11.5 Å². The van der Waals surface area contributed by atoms with Crippen molar-refractivity contribution in [1.29, 1.82) is 0 Å². The highest BCUT2D eigenvalue weighted by Gasteiger charge is 2.31. The zero-order valence-corrected chi connectivity index (χ0v) is 17.8. The molecular formula is C23H30N2O4. The Bertz CT molecular complexity index is 843. The van der Waals surface area contributed by atoms with Crippen molar-refractivity contribution in [3.63, 3.8) is 0 Å². The van der Waals surface area contributed by atoms with E-state index in [0.29, 0.717) is 35.4 Å². The average molecular weight is 399 g/mol.